The number of rotatable bonds is 6. The first-order chi connectivity index (χ1) is 11.9. The number of nitrogens with one attached hydrogen (secondary N) is 1. The first kappa shape index (κ1) is 19.4. The normalized spacial score (nSPS) is 10.4. The number of aryl methyl sites for hydroxylation is 3. The molecular formula is C20H22INO3. The van der Waals surface area contributed by atoms with E-state index in [2.05, 4.69) is 47.8 Å². The van der Waals surface area contributed by atoms with Gasteiger partial charge in [0.05, 0.1) is 0 Å². The molecule has 4 nitrogen and oxygen atoms in total. The van der Waals surface area contributed by atoms with Crippen molar-refractivity contribution in [3.05, 3.63) is 61.7 Å². The van der Waals surface area contributed by atoms with Crippen LogP contribution in [0.5, 0.6) is 5.75 Å². The Morgan fingerprint density at radius 1 is 1.16 bits per heavy atom. The maximum absolute atomic E-state index is 12.3. The lowest BCUT2D eigenvalue weighted by molar-refractivity contribution is -0.116. The minimum Gasteiger partial charge on any atom is -0.489 e. The van der Waals surface area contributed by atoms with Gasteiger partial charge in [0.25, 0.3) is 11.7 Å². The van der Waals surface area contributed by atoms with E-state index in [1.807, 2.05) is 19.1 Å². The second-order valence-electron chi connectivity index (χ2n) is 5.86. The fraction of sp³-hybridized carbons (Fsp3) is 0.300. The van der Waals surface area contributed by atoms with E-state index < -0.39 is 11.7 Å². The quantitative estimate of drug-likeness (QED) is 0.411. The van der Waals surface area contributed by atoms with Crippen LogP contribution in [-0.2, 0) is 17.8 Å². The maximum Gasteiger partial charge on any atom is 0.292 e. The molecule has 0 atom stereocenters. The summed E-state index contributed by atoms with van der Waals surface area (Å²) in [5.74, 6) is -0.371. The Balaban J connectivity index is 2.31. The highest BCUT2D eigenvalue weighted by Crippen LogP contribution is 2.26. The Bertz CT molecular complexity index is 815. The number of benzene rings is 2. The Morgan fingerprint density at radius 3 is 2.52 bits per heavy atom. The molecule has 0 aliphatic rings. The molecule has 0 bridgehead atoms. The van der Waals surface area contributed by atoms with Crippen LogP contribution in [0.1, 0.15) is 39.5 Å². The van der Waals surface area contributed by atoms with Gasteiger partial charge in [-0.1, -0.05) is 25.1 Å². The molecule has 5 heteroatoms. The number of ketones is 1. The number of likely N-dealkylation sites (N-methyl/N-ethyl adjacent to an activating group) is 1. The summed E-state index contributed by atoms with van der Waals surface area (Å²) >= 11 is 2.16. The highest BCUT2D eigenvalue weighted by Gasteiger charge is 2.20. The Morgan fingerprint density at radius 2 is 1.88 bits per heavy atom. The van der Waals surface area contributed by atoms with Crippen molar-refractivity contribution < 1.29 is 14.3 Å². The molecular weight excluding hydrogens is 429 g/mol. The van der Waals surface area contributed by atoms with Crippen LogP contribution in [0.25, 0.3) is 0 Å². The highest BCUT2D eigenvalue weighted by molar-refractivity contribution is 14.1. The van der Waals surface area contributed by atoms with Crippen LogP contribution in [0.4, 0.5) is 0 Å². The van der Waals surface area contributed by atoms with Crippen molar-refractivity contribution in [2.75, 3.05) is 7.05 Å². The van der Waals surface area contributed by atoms with E-state index in [4.69, 9.17) is 4.74 Å². The van der Waals surface area contributed by atoms with Crippen molar-refractivity contribution in [1.29, 1.82) is 0 Å². The zero-order valence-electron chi connectivity index (χ0n) is 14.9. The zero-order valence-corrected chi connectivity index (χ0v) is 17.1. The smallest absolute Gasteiger partial charge is 0.292 e. The highest BCUT2D eigenvalue weighted by atomic mass is 127. The summed E-state index contributed by atoms with van der Waals surface area (Å²) in [6, 6.07) is 9.50. The molecule has 0 aliphatic heterocycles. The van der Waals surface area contributed by atoms with Crippen LogP contribution >= 0.6 is 22.6 Å². The van der Waals surface area contributed by atoms with E-state index >= 15 is 0 Å². The second kappa shape index (κ2) is 8.47. The molecule has 1 amide bonds. The van der Waals surface area contributed by atoms with Crippen molar-refractivity contribution in [2.24, 2.45) is 0 Å². The fourth-order valence-corrected chi connectivity index (χ4v) is 3.34. The van der Waals surface area contributed by atoms with Crippen molar-refractivity contribution in [2.45, 2.75) is 33.8 Å². The average Bonchev–Trinajstić information content (AvgIpc) is 2.61. The minimum absolute atomic E-state index is 0.239. The van der Waals surface area contributed by atoms with E-state index in [0.29, 0.717) is 5.56 Å². The van der Waals surface area contributed by atoms with Gasteiger partial charge in [-0.15, -0.1) is 0 Å². The summed E-state index contributed by atoms with van der Waals surface area (Å²) in [5.41, 5.74) is 4.66. The van der Waals surface area contributed by atoms with Crippen molar-refractivity contribution in [1.82, 2.24) is 5.32 Å². The molecule has 0 fully saturated rings. The monoisotopic (exact) mass is 451 g/mol. The molecule has 0 aliphatic carbocycles. The molecule has 132 valence electrons. The van der Waals surface area contributed by atoms with Gasteiger partial charge in [-0.3, -0.25) is 9.59 Å². The third-order valence-corrected chi connectivity index (χ3v) is 5.19. The number of Topliss-reactive ketones (excluding diaryl/α,β-unsaturated/α-hetero) is 1. The van der Waals surface area contributed by atoms with Crippen LogP contribution < -0.4 is 10.1 Å². The lowest BCUT2D eigenvalue weighted by Gasteiger charge is -2.15. The second-order valence-corrected chi connectivity index (χ2v) is 7.02. The molecule has 25 heavy (non-hydrogen) atoms. The van der Waals surface area contributed by atoms with Gasteiger partial charge in [0, 0.05) is 21.7 Å². The molecule has 2 aromatic rings. The summed E-state index contributed by atoms with van der Waals surface area (Å²) < 4.78 is 6.89. The average molecular weight is 451 g/mol. The van der Waals surface area contributed by atoms with Gasteiger partial charge in [0.2, 0.25) is 0 Å². The van der Waals surface area contributed by atoms with Crippen molar-refractivity contribution >= 4 is 34.3 Å². The Kier molecular flexibility index (Phi) is 6.58. The molecule has 0 spiro atoms. The number of amides is 1. The summed E-state index contributed by atoms with van der Waals surface area (Å²) in [6.07, 6.45) is 0.980. The van der Waals surface area contributed by atoms with Gasteiger partial charge in [-0.25, -0.2) is 0 Å². The minimum atomic E-state index is -0.623. The third kappa shape index (κ3) is 4.39. The Hall–Kier alpha value is -1.89. The lowest BCUT2D eigenvalue weighted by Crippen LogP contribution is -2.28. The van der Waals surface area contributed by atoms with E-state index in [0.717, 1.165) is 26.9 Å². The lowest BCUT2D eigenvalue weighted by atomic mass is 10.0. The predicted octanol–water partition coefficient (Wildman–Crippen LogP) is 3.98. The molecule has 0 saturated carbocycles. The Labute approximate surface area is 162 Å². The van der Waals surface area contributed by atoms with Gasteiger partial charge >= 0.3 is 0 Å². The van der Waals surface area contributed by atoms with Crippen LogP contribution in [0, 0.1) is 17.4 Å². The molecule has 0 aromatic heterocycles. The van der Waals surface area contributed by atoms with Crippen LogP contribution in [0.3, 0.4) is 0 Å². The van der Waals surface area contributed by atoms with Gasteiger partial charge in [-0.2, -0.15) is 0 Å². The topological polar surface area (TPSA) is 55.4 Å². The molecule has 0 unspecified atom stereocenters. The van der Waals surface area contributed by atoms with Gasteiger partial charge in [0.1, 0.15) is 12.4 Å². The molecule has 2 rings (SSSR count). The van der Waals surface area contributed by atoms with E-state index in [1.165, 1.54) is 18.2 Å². The molecule has 0 saturated heterocycles. The summed E-state index contributed by atoms with van der Waals surface area (Å²) in [4.78, 5) is 24.0. The first-order valence-corrected chi connectivity index (χ1v) is 9.23. The van der Waals surface area contributed by atoms with Gasteiger partial charge < -0.3 is 10.1 Å². The van der Waals surface area contributed by atoms with Gasteiger partial charge in [-0.05, 0) is 71.7 Å². The molecule has 0 radical (unpaired) electrons. The van der Waals surface area contributed by atoms with Crippen molar-refractivity contribution in [3.63, 3.8) is 0 Å². The first-order valence-electron chi connectivity index (χ1n) is 8.15. The van der Waals surface area contributed by atoms with Crippen LogP contribution in [0.15, 0.2) is 30.3 Å². The SMILES string of the molecule is CCc1cc(C)c(OCc2c(I)cccc2C(=O)C(=O)NC)cc1C. The fourth-order valence-electron chi connectivity index (χ4n) is 2.69. The standard InChI is InChI=1S/C20H22INO3/c1-5-14-9-13(3)18(10-12(14)2)25-11-16-15(7-6-8-17(16)21)19(23)20(24)22-4/h6-10H,5,11H2,1-4H3,(H,22,24). The van der Waals surface area contributed by atoms with E-state index in [-0.39, 0.29) is 6.61 Å². The summed E-state index contributed by atoms with van der Waals surface area (Å²) in [6.45, 7) is 6.45. The molecule has 2 aromatic carbocycles. The third-order valence-electron chi connectivity index (χ3n) is 4.18. The maximum atomic E-state index is 12.3. The van der Waals surface area contributed by atoms with E-state index in [1.54, 1.807) is 12.1 Å². The van der Waals surface area contributed by atoms with Crippen molar-refractivity contribution in [3.8, 4) is 5.75 Å². The number of hydrogen-bond donors (Lipinski definition) is 1. The van der Waals surface area contributed by atoms with Crippen LogP contribution in [0.2, 0.25) is 0 Å². The number of carbonyl (C=O) groups is 2. The molecule has 1 N–H and O–H groups in total. The number of hydrogen-bond acceptors (Lipinski definition) is 3. The summed E-state index contributed by atoms with van der Waals surface area (Å²) in [5, 5.41) is 2.38. The zero-order chi connectivity index (χ0) is 18.6. The number of halogens is 1. The number of carbonyl (C=O) groups excluding carboxylic acids is 2. The largest absolute Gasteiger partial charge is 0.489 e. The summed E-state index contributed by atoms with van der Waals surface area (Å²) in [7, 11) is 1.45. The van der Waals surface area contributed by atoms with E-state index in [9.17, 15) is 9.59 Å². The number of ether oxygens (including phenoxy) is 1. The van der Waals surface area contributed by atoms with Gasteiger partial charge in [0.15, 0.2) is 0 Å². The predicted molar refractivity (Wildman–Crippen MR) is 107 cm³/mol. The molecule has 0 heterocycles. The van der Waals surface area contributed by atoms with Crippen LogP contribution in [-0.4, -0.2) is 18.7 Å².